The maximum absolute atomic E-state index is 8.46. The fraction of sp³-hybridized carbons (Fsp3) is 0.182. The van der Waals surface area contributed by atoms with Gasteiger partial charge in [-0.2, -0.15) is 0 Å². The first-order valence-corrected chi connectivity index (χ1v) is 4.92. The zero-order valence-electron chi connectivity index (χ0n) is 8.79. The highest BCUT2D eigenvalue weighted by Gasteiger charge is 2.05. The number of rotatable bonds is 3. The molecule has 0 aliphatic rings. The van der Waals surface area contributed by atoms with Crippen LogP contribution in [0, 0.1) is 0 Å². The zero-order valence-corrected chi connectivity index (χ0v) is 8.79. The molecule has 0 aliphatic carbocycles. The molecule has 0 saturated carbocycles. The molecule has 0 bridgehead atoms. The van der Waals surface area contributed by atoms with Crippen molar-refractivity contribution in [2.45, 2.75) is 6.92 Å². The lowest BCUT2D eigenvalue weighted by Crippen LogP contribution is -1.93. The first-order chi connectivity index (χ1) is 7.86. The summed E-state index contributed by atoms with van der Waals surface area (Å²) < 4.78 is 5.45. The fourth-order valence-corrected chi connectivity index (χ4v) is 1.54. The molecule has 0 unspecified atom stereocenters. The maximum atomic E-state index is 8.46. The first-order valence-electron chi connectivity index (χ1n) is 4.92. The molecule has 0 amide bonds. The van der Waals surface area contributed by atoms with Crippen LogP contribution in [0.5, 0.6) is 5.75 Å². The summed E-state index contributed by atoms with van der Waals surface area (Å²) in [5.74, 6) is 0.704. The van der Waals surface area contributed by atoms with Crippen LogP contribution in [0.25, 0.3) is 21.3 Å². The van der Waals surface area contributed by atoms with Gasteiger partial charge in [-0.05, 0) is 30.7 Å². The Labute approximate surface area is 92.3 Å². The van der Waals surface area contributed by atoms with Gasteiger partial charge in [-0.3, -0.25) is 4.98 Å². The average molecular weight is 214 g/mol. The summed E-state index contributed by atoms with van der Waals surface area (Å²) in [6, 6.07) is 7.15. The van der Waals surface area contributed by atoms with Crippen LogP contribution in [0.15, 0.2) is 35.6 Å². The Balaban J connectivity index is 2.71. The highest BCUT2D eigenvalue weighted by Crippen LogP contribution is 2.31. The van der Waals surface area contributed by atoms with Gasteiger partial charge in [0.05, 0.1) is 6.61 Å². The lowest BCUT2D eigenvalue weighted by atomic mass is 10.1. The molecule has 0 saturated heterocycles. The van der Waals surface area contributed by atoms with Gasteiger partial charge in [0.1, 0.15) is 11.3 Å². The van der Waals surface area contributed by atoms with E-state index >= 15 is 0 Å². The molecule has 16 heavy (non-hydrogen) atoms. The van der Waals surface area contributed by atoms with E-state index in [1.807, 2.05) is 13.0 Å². The number of hydrogen-bond donors (Lipinski definition) is 0. The Morgan fingerprint density at radius 2 is 2.31 bits per heavy atom. The summed E-state index contributed by atoms with van der Waals surface area (Å²) in [6.07, 6.45) is 1.69. The normalized spacial score (nSPS) is 9.81. The molecule has 0 fully saturated rings. The molecule has 80 valence electrons. The van der Waals surface area contributed by atoms with Gasteiger partial charge in [0.25, 0.3) is 0 Å². The third kappa shape index (κ3) is 1.76. The molecule has 5 nitrogen and oxygen atoms in total. The van der Waals surface area contributed by atoms with E-state index in [1.54, 1.807) is 24.4 Å². The highest BCUT2D eigenvalue weighted by atomic mass is 16.5. The molecule has 0 N–H and O–H groups in total. The van der Waals surface area contributed by atoms with Crippen LogP contribution in [0.1, 0.15) is 6.92 Å². The highest BCUT2D eigenvalue weighted by molar-refractivity contribution is 5.93. The van der Waals surface area contributed by atoms with Crippen LogP contribution in [0.4, 0.5) is 5.69 Å². The van der Waals surface area contributed by atoms with E-state index < -0.39 is 0 Å². The molecule has 1 aromatic heterocycles. The van der Waals surface area contributed by atoms with Crippen molar-refractivity contribution >= 4 is 16.6 Å². The molecule has 0 aliphatic heterocycles. The summed E-state index contributed by atoms with van der Waals surface area (Å²) in [7, 11) is 0. The Morgan fingerprint density at radius 3 is 3.06 bits per heavy atom. The van der Waals surface area contributed by atoms with Crippen LogP contribution < -0.4 is 4.74 Å². The summed E-state index contributed by atoms with van der Waals surface area (Å²) in [4.78, 5) is 7.02. The van der Waals surface area contributed by atoms with E-state index in [4.69, 9.17) is 10.3 Å². The molecular weight excluding hydrogens is 204 g/mol. The second-order valence-electron chi connectivity index (χ2n) is 3.10. The topological polar surface area (TPSA) is 70.9 Å². The largest absolute Gasteiger partial charge is 0.492 e. The SMILES string of the molecule is CCOc1ccc(N=[N+]=[N-])c2cccnc12. The van der Waals surface area contributed by atoms with Crippen molar-refractivity contribution in [2.24, 2.45) is 5.11 Å². The standard InChI is InChI=1S/C11H10N4O/c1-2-16-10-6-5-9(14-15-12)8-4-3-7-13-11(8)10/h3-7H,2H2,1H3. The number of aromatic nitrogens is 1. The monoisotopic (exact) mass is 214 g/mol. The van der Waals surface area contributed by atoms with Crippen LogP contribution in [-0.4, -0.2) is 11.6 Å². The average Bonchev–Trinajstić information content (AvgIpc) is 2.33. The molecule has 1 aromatic carbocycles. The number of ether oxygens (including phenoxy) is 1. The first kappa shape index (κ1) is 10.3. The zero-order chi connectivity index (χ0) is 11.4. The molecule has 0 radical (unpaired) electrons. The minimum Gasteiger partial charge on any atom is -0.492 e. The lowest BCUT2D eigenvalue weighted by molar-refractivity contribution is 0.343. The summed E-state index contributed by atoms with van der Waals surface area (Å²) >= 11 is 0. The summed E-state index contributed by atoms with van der Waals surface area (Å²) in [5, 5.41) is 4.42. The van der Waals surface area contributed by atoms with Gasteiger partial charge in [-0.1, -0.05) is 11.2 Å². The Bertz CT molecular complexity index is 561. The molecule has 0 atom stereocenters. The van der Waals surface area contributed by atoms with Gasteiger partial charge in [0.15, 0.2) is 0 Å². The Hall–Kier alpha value is -2.26. The molecule has 2 rings (SSSR count). The van der Waals surface area contributed by atoms with Crippen molar-refractivity contribution in [3.63, 3.8) is 0 Å². The van der Waals surface area contributed by atoms with Gasteiger partial charge in [0, 0.05) is 22.2 Å². The third-order valence-electron chi connectivity index (χ3n) is 2.16. The predicted molar refractivity (Wildman–Crippen MR) is 61.7 cm³/mol. The van der Waals surface area contributed by atoms with Crippen molar-refractivity contribution in [1.82, 2.24) is 4.98 Å². The molecular formula is C11H10N4O. The predicted octanol–water partition coefficient (Wildman–Crippen LogP) is 3.58. The van der Waals surface area contributed by atoms with Gasteiger partial charge in [-0.25, -0.2) is 0 Å². The number of nitrogens with zero attached hydrogens (tertiary/aromatic N) is 4. The van der Waals surface area contributed by atoms with E-state index in [9.17, 15) is 0 Å². The smallest absolute Gasteiger partial charge is 0.145 e. The second-order valence-corrected chi connectivity index (χ2v) is 3.10. The summed E-state index contributed by atoms with van der Waals surface area (Å²) in [5.41, 5.74) is 9.74. The van der Waals surface area contributed by atoms with Crippen molar-refractivity contribution in [3.8, 4) is 5.75 Å². The second kappa shape index (κ2) is 4.51. The van der Waals surface area contributed by atoms with E-state index in [0.717, 1.165) is 5.39 Å². The van der Waals surface area contributed by atoms with Crippen molar-refractivity contribution < 1.29 is 4.74 Å². The minimum atomic E-state index is 0.564. The van der Waals surface area contributed by atoms with E-state index in [-0.39, 0.29) is 0 Å². The number of azide groups is 1. The van der Waals surface area contributed by atoms with Crippen LogP contribution in [0.3, 0.4) is 0 Å². The van der Waals surface area contributed by atoms with Crippen LogP contribution >= 0.6 is 0 Å². The van der Waals surface area contributed by atoms with E-state index in [1.165, 1.54) is 0 Å². The minimum absolute atomic E-state index is 0.564. The fourth-order valence-electron chi connectivity index (χ4n) is 1.54. The maximum Gasteiger partial charge on any atom is 0.145 e. The van der Waals surface area contributed by atoms with Crippen LogP contribution in [-0.2, 0) is 0 Å². The van der Waals surface area contributed by atoms with Crippen molar-refractivity contribution in [1.29, 1.82) is 0 Å². The number of benzene rings is 1. The third-order valence-corrected chi connectivity index (χ3v) is 2.16. The Morgan fingerprint density at radius 1 is 1.44 bits per heavy atom. The quantitative estimate of drug-likeness (QED) is 0.445. The van der Waals surface area contributed by atoms with Gasteiger partial charge in [-0.15, -0.1) is 0 Å². The van der Waals surface area contributed by atoms with E-state index in [2.05, 4.69) is 15.0 Å². The van der Waals surface area contributed by atoms with Crippen LogP contribution in [0.2, 0.25) is 0 Å². The number of pyridine rings is 1. The number of fused-ring (bicyclic) bond motifs is 1. The lowest BCUT2D eigenvalue weighted by Gasteiger charge is -2.07. The van der Waals surface area contributed by atoms with Gasteiger partial charge < -0.3 is 4.74 Å². The van der Waals surface area contributed by atoms with Crippen molar-refractivity contribution in [2.75, 3.05) is 6.61 Å². The van der Waals surface area contributed by atoms with Crippen molar-refractivity contribution in [3.05, 3.63) is 40.9 Å². The summed E-state index contributed by atoms with van der Waals surface area (Å²) in [6.45, 7) is 2.49. The molecule has 1 heterocycles. The van der Waals surface area contributed by atoms with Gasteiger partial charge >= 0.3 is 0 Å². The molecule has 2 aromatic rings. The molecule has 5 heteroatoms. The van der Waals surface area contributed by atoms with Gasteiger partial charge in [0.2, 0.25) is 0 Å². The number of hydrogen-bond acceptors (Lipinski definition) is 3. The Kier molecular flexibility index (Phi) is 2.89. The van der Waals surface area contributed by atoms with E-state index in [0.29, 0.717) is 23.6 Å². The molecule has 0 spiro atoms.